The molecule has 3 aromatic rings. The van der Waals surface area contributed by atoms with Crippen LogP contribution in [0.3, 0.4) is 0 Å². The summed E-state index contributed by atoms with van der Waals surface area (Å²) in [6.45, 7) is 6.32. The predicted molar refractivity (Wildman–Crippen MR) is 110 cm³/mol. The first-order valence-corrected chi connectivity index (χ1v) is 9.67. The van der Waals surface area contributed by atoms with E-state index in [0.29, 0.717) is 13.1 Å². The van der Waals surface area contributed by atoms with Gasteiger partial charge in [-0.25, -0.2) is 4.98 Å². The van der Waals surface area contributed by atoms with Gasteiger partial charge < -0.3 is 19.7 Å². The Morgan fingerprint density at radius 3 is 2.68 bits per heavy atom. The van der Waals surface area contributed by atoms with E-state index in [-0.39, 0.29) is 0 Å². The topological polar surface area (TPSA) is 80.3 Å². The number of guanidine groups is 1. The maximum Gasteiger partial charge on any atom is 0.191 e. The van der Waals surface area contributed by atoms with Crippen molar-refractivity contribution >= 4 is 5.96 Å². The third-order valence-corrected chi connectivity index (χ3v) is 4.64. The van der Waals surface area contributed by atoms with Gasteiger partial charge in [0.05, 0.1) is 12.0 Å². The molecule has 0 bridgehead atoms. The van der Waals surface area contributed by atoms with E-state index in [1.807, 2.05) is 12.5 Å². The van der Waals surface area contributed by atoms with E-state index >= 15 is 0 Å². The van der Waals surface area contributed by atoms with Crippen molar-refractivity contribution < 1.29 is 4.52 Å². The van der Waals surface area contributed by atoms with Crippen LogP contribution in [0.25, 0.3) is 0 Å². The van der Waals surface area contributed by atoms with Crippen molar-refractivity contribution in [2.24, 2.45) is 4.99 Å². The molecule has 0 amide bonds. The molecule has 28 heavy (non-hydrogen) atoms. The molecular formula is C21H28N6O. The maximum atomic E-state index is 5.43. The molecule has 0 unspecified atom stereocenters. The molecule has 0 atom stereocenters. The molecule has 1 aromatic carbocycles. The molecule has 0 saturated carbocycles. The number of nitrogens with zero attached hydrogens (tertiary/aromatic N) is 4. The zero-order valence-electron chi connectivity index (χ0n) is 16.8. The standard InChI is InChI=1S/C21H28N6O/c1-4-19-18(20(5-2)28-26-19)13-25-21(22-3)24-12-16-7-6-8-17(11-16)14-27-10-9-23-15-27/h6-11,15H,4-5,12-14H2,1-3H3,(H2,22,24,25). The van der Waals surface area contributed by atoms with Crippen LogP contribution >= 0.6 is 0 Å². The van der Waals surface area contributed by atoms with Crippen molar-refractivity contribution in [1.29, 1.82) is 0 Å². The van der Waals surface area contributed by atoms with Crippen LogP contribution in [0.5, 0.6) is 0 Å². The summed E-state index contributed by atoms with van der Waals surface area (Å²) in [6.07, 6.45) is 7.29. The van der Waals surface area contributed by atoms with Gasteiger partial charge >= 0.3 is 0 Å². The lowest BCUT2D eigenvalue weighted by atomic mass is 10.1. The van der Waals surface area contributed by atoms with Gasteiger partial charge in [0.1, 0.15) is 5.76 Å². The number of aryl methyl sites for hydroxylation is 2. The van der Waals surface area contributed by atoms with Crippen molar-refractivity contribution in [3.63, 3.8) is 0 Å². The number of imidazole rings is 1. The van der Waals surface area contributed by atoms with Crippen molar-refractivity contribution in [1.82, 2.24) is 25.3 Å². The fourth-order valence-electron chi connectivity index (χ4n) is 3.15. The summed E-state index contributed by atoms with van der Waals surface area (Å²) in [5, 5.41) is 10.9. The van der Waals surface area contributed by atoms with Crippen LogP contribution in [-0.2, 0) is 32.5 Å². The minimum atomic E-state index is 0.649. The van der Waals surface area contributed by atoms with Crippen LogP contribution in [0.15, 0.2) is 52.5 Å². The van der Waals surface area contributed by atoms with Crippen LogP contribution in [-0.4, -0.2) is 27.7 Å². The summed E-state index contributed by atoms with van der Waals surface area (Å²) >= 11 is 0. The zero-order chi connectivity index (χ0) is 19.8. The quantitative estimate of drug-likeness (QED) is 0.464. The Bertz CT molecular complexity index is 876. The van der Waals surface area contributed by atoms with E-state index in [9.17, 15) is 0 Å². The van der Waals surface area contributed by atoms with E-state index in [2.05, 4.69) is 68.4 Å². The van der Waals surface area contributed by atoms with Crippen molar-refractivity contribution in [3.8, 4) is 0 Å². The monoisotopic (exact) mass is 380 g/mol. The second kappa shape index (κ2) is 9.73. The van der Waals surface area contributed by atoms with Crippen molar-refractivity contribution in [3.05, 3.63) is 71.1 Å². The Labute approximate surface area is 165 Å². The first kappa shape index (κ1) is 19.7. The first-order chi connectivity index (χ1) is 13.7. The lowest BCUT2D eigenvalue weighted by molar-refractivity contribution is 0.380. The highest BCUT2D eigenvalue weighted by Gasteiger charge is 2.13. The van der Waals surface area contributed by atoms with E-state index in [1.54, 1.807) is 13.2 Å². The number of nitrogens with one attached hydrogen (secondary N) is 2. The molecule has 2 aromatic heterocycles. The highest BCUT2D eigenvalue weighted by Crippen LogP contribution is 2.15. The van der Waals surface area contributed by atoms with Crippen LogP contribution in [0, 0.1) is 0 Å². The highest BCUT2D eigenvalue weighted by atomic mass is 16.5. The van der Waals surface area contributed by atoms with Gasteiger partial charge in [0.15, 0.2) is 5.96 Å². The first-order valence-electron chi connectivity index (χ1n) is 9.67. The molecule has 0 spiro atoms. The second-order valence-electron chi connectivity index (χ2n) is 6.57. The van der Waals surface area contributed by atoms with Crippen LogP contribution in [0.2, 0.25) is 0 Å². The Morgan fingerprint density at radius 1 is 1.14 bits per heavy atom. The lowest BCUT2D eigenvalue weighted by Crippen LogP contribution is -2.36. The Balaban J connectivity index is 1.56. The van der Waals surface area contributed by atoms with Gasteiger partial charge in [-0.15, -0.1) is 0 Å². The molecule has 0 aliphatic rings. The molecule has 0 aliphatic carbocycles. The molecule has 7 nitrogen and oxygen atoms in total. The molecule has 0 saturated heterocycles. The van der Waals surface area contributed by atoms with Crippen molar-refractivity contribution in [2.75, 3.05) is 7.05 Å². The lowest BCUT2D eigenvalue weighted by Gasteiger charge is -2.13. The molecule has 3 rings (SSSR count). The number of rotatable bonds is 8. The van der Waals surface area contributed by atoms with E-state index < -0.39 is 0 Å². The van der Waals surface area contributed by atoms with E-state index in [1.165, 1.54) is 11.1 Å². The Kier molecular flexibility index (Phi) is 6.84. The van der Waals surface area contributed by atoms with E-state index in [0.717, 1.165) is 42.4 Å². The highest BCUT2D eigenvalue weighted by molar-refractivity contribution is 5.79. The fourth-order valence-corrected chi connectivity index (χ4v) is 3.15. The smallest absolute Gasteiger partial charge is 0.191 e. The predicted octanol–water partition coefficient (Wildman–Crippen LogP) is 2.91. The minimum Gasteiger partial charge on any atom is -0.361 e. The average Bonchev–Trinajstić information content (AvgIpc) is 3.37. The molecule has 148 valence electrons. The summed E-state index contributed by atoms with van der Waals surface area (Å²) in [5.41, 5.74) is 4.58. The molecular weight excluding hydrogens is 352 g/mol. The summed E-state index contributed by atoms with van der Waals surface area (Å²) in [5.74, 6) is 1.69. The number of aromatic nitrogens is 3. The molecule has 2 heterocycles. The number of benzene rings is 1. The molecule has 0 fully saturated rings. The van der Waals surface area contributed by atoms with Gasteiger partial charge in [-0.2, -0.15) is 0 Å². The number of hydrogen-bond donors (Lipinski definition) is 2. The Hall–Kier alpha value is -3.09. The van der Waals surface area contributed by atoms with Gasteiger partial charge in [0.2, 0.25) is 0 Å². The second-order valence-corrected chi connectivity index (χ2v) is 6.57. The summed E-state index contributed by atoms with van der Waals surface area (Å²) in [6, 6.07) is 8.52. The SMILES string of the molecule is CCc1noc(CC)c1CNC(=NC)NCc1cccc(Cn2ccnc2)c1. The Morgan fingerprint density at radius 2 is 1.96 bits per heavy atom. The third kappa shape index (κ3) is 5.00. The van der Waals surface area contributed by atoms with Crippen LogP contribution < -0.4 is 10.6 Å². The van der Waals surface area contributed by atoms with Crippen LogP contribution in [0.4, 0.5) is 0 Å². The summed E-state index contributed by atoms with van der Waals surface area (Å²) in [4.78, 5) is 8.42. The average molecular weight is 380 g/mol. The minimum absolute atomic E-state index is 0.649. The number of hydrogen-bond acceptors (Lipinski definition) is 4. The third-order valence-electron chi connectivity index (χ3n) is 4.64. The van der Waals surface area contributed by atoms with Crippen molar-refractivity contribution in [2.45, 2.75) is 46.3 Å². The fraction of sp³-hybridized carbons (Fsp3) is 0.381. The molecule has 2 N–H and O–H groups in total. The number of aliphatic imine (C=N–C) groups is 1. The zero-order valence-corrected chi connectivity index (χ0v) is 16.8. The normalized spacial score (nSPS) is 11.6. The summed E-state index contributed by atoms with van der Waals surface area (Å²) in [7, 11) is 1.78. The maximum absolute atomic E-state index is 5.43. The van der Waals surface area contributed by atoms with Gasteiger partial charge in [-0.1, -0.05) is 43.3 Å². The van der Waals surface area contributed by atoms with Gasteiger partial charge in [0.25, 0.3) is 0 Å². The van der Waals surface area contributed by atoms with E-state index in [4.69, 9.17) is 4.52 Å². The molecule has 7 heteroatoms. The summed E-state index contributed by atoms with van der Waals surface area (Å²) < 4.78 is 7.49. The largest absolute Gasteiger partial charge is 0.361 e. The molecule has 0 radical (unpaired) electrons. The van der Waals surface area contributed by atoms with Crippen LogP contribution in [0.1, 0.15) is 42.0 Å². The van der Waals surface area contributed by atoms with Gasteiger partial charge in [-0.3, -0.25) is 4.99 Å². The van der Waals surface area contributed by atoms with Gasteiger partial charge in [0, 0.05) is 51.1 Å². The molecule has 0 aliphatic heterocycles. The van der Waals surface area contributed by atoms with Gasteiger partial charge in [-0.05, 0) is 17.5 Å².